The molecular weight excluding hydrogens is 404 g/mol. The van der Waals surface area contributed by atoms with Crippen LogP contribution in [0.15, 0.2) is 53.8 Å². The largest absolute Gasteiger partial charge is 0.478 e. The van der Waals surface area contributed by atoms with Crippen molar-refractivity contribution in [3.8, 4) is 0 Å². The molecule has 1 aliphatic heterocycles. The molecule has 2 aromatic heterocycles. The molecule has 1 fully saturated rings. The van der Waals surface area contributed by atoms with E-state index < -0.39 is 5.97 Å². The number of hydrogen-bond donors (Lipinski definition) is 1. The van der Waals surface area contributed by atoms with E-state index in [1.165, 1.54) is 12.8 Å². The van der Waals surface area contributed by atoms with Crippen molar-refractivity contribution in [1.82, 2.24) is 14.8 Å². The molecule has 32 heavy (non-hydrogen) atoms. The van der Waals surface area contributed by atoms with Gasteiger partial charge in [-0.1, -0.05) is 0 Å². The lowest BCUT2D eigenvalue weighted by Gasteiger charge is -2.22. The van der Waals surface area contributed by atoms with Gasteiger partial charge in [0, 0.05) is 50.9 Å². The third-order valence-corrected chi connectivity index (χ3v) is 5.77. The number of carboxylic acid groups (broad SMARTS) is 1. The number of aryl methyl sites for hydroxylation is 1. The molecule has 0 spiro atoms. The van der Waals surface area contributed by atoms with Gasteiger partial charge in [0.05, 0.1) is 29.2 Å². The van der Waals surface area contributed by atoms with E-state index in [9.17, 15) is 9.90 Å². The summed E-state index contributed by atoms with van der Waals surface area (Å²) in [5.74, 6) is 0.00180. The summed E-state index contributed by atoms with van der Waals surface area (Å²) in [6, 6.07) is 11.5. The predicted molar refractivity (Wildman–Crippen MR) is 126 cm³/mol. The van der Waals surface area contributed by atoms with E-state index in [4.69, 9.17) is 0 Å². The van der Waals surface area contributed by atoms with E-state index in [0.717, 1.165) is 29.3 Å². The average Bonchev–Trinajstić information content (AvgIpc) is 3.40. The molecule has 1 N–H and O–H groups in total. The molecule has 0 bridgehead atoms. The van der Waals surface area contributed by atoms with Gasteiger partial charge in [-0.05, 0) is 56.2 Å². The second-order valence-corrected chi connectivity index (χ2v) is 8.24. The summed E-state index contributed by atoms with van der Waals surface area (Å²) in [5, 5.41) is 13.8. The highest BCUT2D eigenvalue weighted by molar-refractivity contribution is 5.92. The Labute approximate surface area is 187 Å². The zero-order valence-electron chi connectivity index (χ0n) is 18.6. The lowest BCUT2D eigenvalue weighted by Crippen LogP contribution is -2.27. The molecule has 1 saturated heterocycles. The van der Waals surface area contributed by atoms with Gasteiger partial charge in [-0.2, -0.15) is 5.10 Å². The number of hydrogen-bond acceptors (Lipinski definition) is 6. The number of aromatic carboxylic acids is 1. The fourth-order valence-corrected chi connectivity index (χ4v) is 4.02. The van der Waals surface area contributed by atoms with Gasteiger partial charge in [-0.15, -0.1) is 0 Å². The van der Waals surface area contributed by atoms with Gasteiger partial charge in [0.25, 0.3) is 0 Å². The summed E-state index contributed by atoms with van der Waals surface area (Å²) < 4.78 is 1.76. The second-order valence-electron chi connectivity index (χ2n) is 8.24. The lowest BCUT2D eigenvalue weighted by molar-refractivity contribution is 0.0697. The van der Waals surface area contributed by atoms with Gasteiger partial charge < -0.3 is 14.9 Å². The minimum atomic E-state index is -0.980. The van der Waals surface area contributed by atoms with Crippen molar-refractivity contribution < 1.29 is 9.90 Å². The molecule has 0 aliphatic carbocycles. The first-order valence-electron chi connectivity index (χ1n) is 10.7. The van der Waals surface area contributed by atoms with E-state index >= 15 is 0 Å². The van der Waals surface area contributed by atoms with Gasteiger partial charge >= 0.3 is 5.97 Å². The summed E-state index contributed by atoms with van der Waals surface area (Å²) in [4.78, 5) is 25.1. The van der Waals surface area contributed by atoms with Gasteiger partial charge in [-0.25, -0.2) is 9.78 Å². The van der Waals surface area contributed by atoms with E-state index in [2.05, 4.69) is 26.9 Å². The average molecular weight is 433 g/mol. The first-order chi connectivity index (χ1) is 15.4. The first-order valence-corrected chi connectivity index (χ1v) is 10.7. The normalized spacial score (nSPS) is 16.1. The maximum Gasteiger partial charge on any atom is 0.335 e. The van der Waals surface area contributed by atoms with Crippen molar-refractivity contribution in [1.29, 1.82) is 0 Å². The van der Waals surface area contributed by atoms with Crippen LogP contribution in [0.25, 0.3) is 0 Å². The zero-order valence-corrected chi connectivity index (χ0v) is 18.6. The van der Waals surface area contributed by atoms with Crippen LogP contribution in [0, 0.1) is 0 Å². The third-order valence-electron chi connectivity index (χ3n) is 5.77. The number of benzene rings is 1. The molecule has 1 atom stereocenters. The summed E-state index contributed by atoms with van der Waals surface area (Å²) in [7, 11) is 3.82. The van der Waals surface area contributed by atoms with Crippen LogP contribution in [0.3, 0.4) is 0 Å². The summed E-state index contributed by atoms with van der Waals surface area (Å²) in [6.07, 6.45) is 7.82. The summed E-state index contributed by atoms with van der Waals surface area (Å²) in [5.41, 5.74) is 3.39. The molecule has 8 heteroatoms. The van der Waals surface area contributed by atoms with Crippen LogP contribution in [0.5, 0.6) is 0 Å². The van der Waals surface area contributed by atoms with E-state index in [1.807, 2.05) is 49.6 Å². The highest BCUT2D eigenvalue weighted by Crippen LogP contribution is 2.30. The highest BCUT2D eigenvalue weighted by atomic mass is 16.4. The fraction of sp³-hybridized carbons (Fsp3) is 0.333. The second kappa shape index (κ2) is 9.21. The predicted octanol–water partition coefficient (Wildman–Crippen LogP) is 3.89. The molecule has 1 aromatic carbocycles. The van der Waals surface area contributed by atoms with Crippen molar-refractivity contribution in [2.75, 3.05) is 23.4 Å². The van der Waals surface area contributed by atoms with E-state index in [1.54, 1.807) is 29.1 Å². The lowest BCUT2D eigenvalue weighted by atomic mass is 10.1. The Kier molecular flexibility index (Phi) is 6.20. The minimum absolute atomic E-state index is 0.198. The molecule has 0 radical (unpaired) electrons. The fourth-order valence-electron chi connectivity index (χ4n) is 4.02. The molecule has 1 unspecified atom stereocenters. The Morgan fingerprint density at radius 1 is 1.31 bits per heavy atom. The molecule has 1 aliphatic rings. The number of carboxylic acids is 1. The third kappa shape index (κ3) is 4.80. The maximum atomic E-state index is 11.5. The molecule has 4 rings (SSSR count). The Balaban J connectivity index is 1.57. The number of pyridine rings is 1. The monoisotopic (exact) mass is 432 g/mol. The van der Waals surface area contributed by atoms with Crippen molar-refractivity contribution in [2.24, 2.45) is 12.0 Å². The zero-order chi connectivity index (χ0) is 22.7. The standard InChI is InChI=1S/C24H28N6O2/c1-17-5-4-11-30(17)23-9-6-18(15-26-23)14-25-21-13-19(24(31)32)7-8-22(21)28(2)16-20-10-12-29(3)27-20/h6-10,12-15,17H,4-5,11,16H2,1-3H3,(H,31,32)/b25-14+. The molecule has 3 aromatic rings. The minimum Gasteiger partial charge on any atom is -0.478 e. The van der Waals surface area contributed by atoms with Gasteiger partial charge in [0.2, 0.25) is 0 Å². The number of aromatic nitrogens is 3. The van der Waals surface area contributed by atoms with Crippen molar-refractivity contribution in [3.63, 3.8) is 0 Å². The van der Waals surface area contributed by atoms with Crippen LogP contribution < -0.4 is 9.80 Å². The Morgan fingerprint density at radius 3 is 2.78 bits per heavy atom. The maximum absolute atomic E-state index is 11.5. The van der Waals surface area contributed by atoms with Crippen molar-refractivity contribution >= 4 is 29.4 Å². The summed E-state index contributed by atoms with van der Waals surface area (Å²) in [6.45, 7) is 3.85. The molecule has 3 heterocycles. The number of anilines is 2. The SMILES string of the molecule is CC1CCCN1c1ccc(/C=N/c2cc(C(=O)O)ccc2N(C)Cc2ccn(C)n2)cn1. The summed E-state index contributed by atoms with van der Waals surface area (Å²) >= 11 is 0. The molecule has 0 amide bonds. The molecule has 8 nitrogen and oxygen atoms in total. The Bertz CT molecular complexity index is 1120. The van der Waals surface area contributed by atoms with Crippen LogP contribution in [0.2, 0.25) is 0 Å². The molecule has 166 valence electrons. The highest BCUT2D eigenvalue weighted by Gasteiger charge is 2.21. The number of rotatable bonds is 7. The van der Waals surface area contributed by atoms with Crippen molar-refractivity contribution in [2.45, 2.75) is 32.4 Å². The van der Waals surface area contributed by atoms with Gasteiger partial charge in [0.15, 0.2) is 0 Å². The smallest absolute Gasteiger partial charge is 0.335 e. The van der Waals surface area contributed by atoms with E-state index in [-0.39, 0.29) is 5.56 Å². The Morgan fingerprint density at radius 2 is 2.16 bits per heavy atom. The first kappa shape index (κ1) is 21.5. The number of aliphatic imine (C=N–C) groups is 1. The van der Waals surface area contributed by atoms with Crippen LogP contribution in [0.1, 0.15) is 41.4 Å². The number of carbonyl (C=O) groups is 1. The van der Waals surface area contributed by atoms with Gasteiger partial charge in [-0.3, -0.25) is 9.67 Å². The van der Waals surface area contributed by atoms with Crippen molar-refractivity contribution in [3.05, 3.63) is 65.6 Å². The molecular formula is C24H28N6O2. The van der Waals surface area contributed by atoms with Crippen LogP contribution in [-0.4, -0.2) is 51.7 Å². The quantitative estimate of drug-likeness (QED) is 0.570. The van der Waals surface area contributed by atoms with E-state index in [0.29, 0.717) is 18.3 Å². The van der Waals surface area contributed by atoms with Crippen LogP contribution >= 0.6 is 0 Å². The number of nitrogens with zero attached hydrogens (tertiary/aromatic N) is 6. The van der Waals surface area contributed by atoms with Crippen LogP contribution in [0.4, 0.5) is 17.2 Å². The topological polar surface area (TPSA) is 86.9 Å². The molecule has 0 saturated carbocycles. The van der Waals surface area contributed by atoms with Crippen LogP contribution in [-0.2, 0) is 13.6 Å². The Hall–Kier alpha value is -3.68. The van der Waals surface area contributed by atoms with Gasteiger partial charge in [0.1, 0.15) is 5.82 Å².